The van der Waals surface area contributed by atoms with E-state index in [-0.39, 0.29) is 24.0 Å². The molecule has 0 saturated heterocycles. The highest BCUT2D eigenvalue weighted by Gasteiger charge is 2.30. The molecule has 0 fully saturated rings. The Hall–Kier alpha value is -4.03. The quantitative estimate of drug-likeness (QED) is 0.381. The molecule has 38 heavy (non-hydrogen) atoms. The van der Waals surface area contributed by atoms with E-state index in [1.807, 2.05) is 26.8 Å². The summed E-state index contributed by atoms with van der Waals surface area (Å²) >= 11 is 0. The van der Waals surface area contributed by atoms with E-state index in [0.29, 0.717) is 29.2 Å². The summed E-state index contributed by atoms with van der Waals surface area (Å²) in [6, 6.07) is 18.8. The van der Waals surface area contributed by atoms with Crippen molar-refractivity contribution in [3.05, 3.63) is 82.9 Å². The molecule has 9 heteroatoms. The Morgan fingerprint density at radius 2 is 1.74 bits per heavy atom. The zero-order valence-corrected chi connectivity index (χ0v) is 22.4. The van der Waals surface area contributed by atoms with Gasteiger partial charge in [-0.3, -0.25) is 4.79 Å². The Balaban J connectivity index is 1.68. The fourth-order valence-electron chi connectivity index (χ4n) is 4.17. The molecule has 198 valence electrons. The van der Waals surface area contributed by atoms with Crippen LogP contribution < -0.4 is 18.9 Å². The van der Waals surface area contributed by atoms with Crippen LogP contribution in [0.2, 0.25) is 0 Å². The van der Waals surface area contributed by atoms with E-state index in [4.69, 9.17) is 19.5 Å². The predicted molar refractivity (Wildman–Crippen MR) is 142 cm³/mol. The number of nitrogens with one attached hydrogen (secondary N) is 1. The molecule has 1 aliphatic rings. The monoisotopic (exact) mass is 534 g/mol. The Morgan fingerprint density at radius 3 is 2.42 bits per heavy atom. The molecular formula is C29H30N2O6S. The molecule has 4 rings (SSSR count). The number of carbonyl (C=O) groups excluding carboxylic acids is 1. The molecule has 0 radical (unpaired) electrons. The molecule has 3 aromatic carbocycles. The molecule has 0 bridgehead atoms. The predicted octanol–water partition coefficient (Wildman–Crippen LogP) is 5.18. The van der Waals surface area contributed by atoms with Crippen LogP contribution in [0.25, 0.3) is 0 Å². The fourth-order valence-corrected chi connectivity index (χ4v) is 5.15. The number of nitriles is 1. The third kappa shape index (κ3) is 6.09. The average Bonchev–Trinajstić information content (AvgIpc) is 3.36. The normalized spacial score (nSPS) is 13.1. The van der Waals surface area contributed by atoms with E-state index in [2.05, 4.69) is 10.8 Å². The van der Waals surface area contributed by atoms with Crippen molar-refractivity contribution in [3.8, 4) is 23.3 Å². The molecule has 0 aliphatic carbocycles. The lowest BCUT2D eigenvalue weighted by atomic mass is 10.0. The van der Waals surface area contributed by atoms with Crippen LogP contribution in [0, 0.1) is 11.3 Å². The van der Waals surface area contributed by atoms with Crippen molar-refractivity contribution in [2.45, 2.75) is 57.0 Å². The first kappa shape index (κ1) is 27.0. The van der Waals surface area contributed by atoms with Crippen LogP contribution in [0.3, 0.4) is 0 Å². The maximum absolute atomic E-state index is 13.5. The summed E-state index contributed by atoms with van der Waals surface area (Å²) in [6.45, 7) is 6.09. The summed E-state index contributed by atoms with van der Waals surface area (Å²) in [5.41, 5.74) is 3.05. The summed E-state index contributed by atoms with van der Waals surface area (Å²) in [5.74, 6) is 0.792. The SMILES string of the molecule is CCCc1cc(CC#N)ccc1OC(C(=O)NS(=O)(=O)c1ccc(C(C)C)cc1)c1ccc2c(c1)OCO2. The van der Waals surface area contributed by atoms with E-state index in [1.165, 1.54) is 12.1 Å². The molecule has 0 aromatic heterocycles. The highest BCUT2D eigenvalue weighted by atomic mass is 32.2. The molecule has 1 aliphatic heterocycles. The maximum Gasteiger partial charge on any atom is 0.279 e. The molecule has 1 amide bonds. The van der Waals surface area contributed by atoms with Gasteiger partial charge in [0, 0.05) is 5.56 Å². The smallest absolute Gasteiger partial charge is 0.279 e. The number of rotatable bonds is 10. The van der Waals surface area contributed by atoms with Gasteiger partial charge in [-0.15, -0.1) is 0 Å². The number of carbonyl (C=O) groups is 1. The summed E-state index contributed by atoms with van der Waals surface area (Å²) < 4.78 is 45.5. The minimum atomic E-state index is -4.16. The van der Waals surface area contributed by atoms with E-state index in [9.17, 15) is 13.2 Å². The third-order valence-corrected chi connectivity index (χ3v) is 7.56. The first-order chi connectivity index (χ1) is 18.2. The van der Waals surface area contributed by atoms with Gasteiger partial charge in [0.1, 0.15) is 5.75 Å². The number of aryl methyl sites for hydroxylation is 1. The van der Waals surface area contributed by atoms with Gasteiger partial charge in [-0.25, -0.2) is 13.1 Å². The second-order valence-electron chi connectivity index (χ2n) is 9.33. The van der Waals surface area contributed by atoms with Gasteiger partial charge in [0.15, 0.2) is 11.5 Å². The summed E-state index contributed by atoms with van der Waals surface area (Å²) in [5, 5.41) is 9.08. The number of hydrogen-bond acceptors (Lipinski definition) is 7. The van der Waals surface area contributed by atoms with Crippen molar-refractivity contribution in [1.29, 1.82) is 5.26 Å². The largest absolute Gasteiger partial charge is 0.475 e. The molecule has 1 heterocycles. The van der Waals surface area contributed by atoms with Gasteiger partial charge in [0.2, 0.25) is 12.9 Å². The Labute approximate surface area is 223 Å². The highest BCUT2D eigenvalue weighted by molar-refractivity contribution is 7.90. The molecule has 8 nitrogen and oxygen atoms in total. The van der Waals surface area contributed by atoms with Crippen LogP contribution >= 0.6 is 0 Å². The fraction of sp³-hybridized carbons (Fsp3) is 0.310. The second kappa shape index (κ2) is 11.6. The number of sulfonamides is 1. The van der Waals surface area contributed by atoms with Crippen molar-refractivity contribution < 1.29 is 27.4 Å². The van der Waals surface area contributed by atoms with E-state index < -0.39 is 22.0 Å². The van der Waals surface area contributed by atoms with Gasteiger partial charge in [0.05, 0.1) is 17.4 Å². The van der Waals surface area contributed by atoms with Crippen molar-refractivity contribution in [3.63, 3.8) is 0 Å². The standard InChI is InChI=1S/C29H30N2O6S/c1-4-5-22-16-20(14-15-30)6-12-25(22)37-28(23-9-13-26-27(17-23)36-18-35-26)29(32)31-38(33,34)24-10-7-21(8-11-24)19(2)3/h6-13,16-17,19,28H,4-5,14,18H2,1-3H3,(H,31,32). The summed E-state index contributed by atoms with van der Waals surface area (Å²) in [7, 11) is -4.16. The van der Waals surface area contributed by atoms with E-state index in [0.717, 1.165) is 23.1 Å². The van der Waals surface area contributed by atoms with Gasteiger partial charge < -0.3 is 14.2 Å². The number of benzene rings is 3. The van der Waals surface area contributed by atoms with Crippen LogP contribution in [0.1, 0.15) is 61.5 Å². The Kier molecular flexibility index (Phi) is 8.23. The van der Waals surface area contributed by atoms with E-state index in [1.54, 1.807) is 42.5 Å². The number of amides is 1. The second-order valence-corrected chi connectivity index (χ2v) is 11.0. The first-order valence-corrected chi connectivity index (χ1v) is 13.9. The number of fused-ring (bicyclic) bond motifs is 1. The first-order valence-electron chi connectivity index (χ1n) is 12.4. The summed E-state index contributed by atoms with van der Waals surface area (Å²) in [6.07, 6.45) is 0.418. The van der Waals surface area contributed by atoms with Crippen LogP contribution in [0.5, 0.6) is 17.2 Å². The molecular weight excluding hydrogens is 504 g/mol. The lowest BCUT2D eigenvalue weighted by Gasteiger charge is -2.22. The van der Waals surface area contributed by atoms with E-state index >= 15 is 0 Å². The van der Waals surface area contributed by atoms with Gasteiger partial charge >= 0.3 is 0 Å². The molecule has 1 unspecified atom stereocenters. The van der Waals surface area contributed by atoms with Gasteiger partial charge in [-0.2, -0.15) is 5.26 Å². The maximum atomic E-state index is 13.5. The van der Waals surface area contributed by atoms with Crippen molar-refractivity contribution >= 4 is 15.9 Å². The zero-order valence-electron chi connectivity index (χ0n) is 21.6. The van der Waals surface area contributed by atoms with Gasteiger partial charge in [-0.1, -0.05) is 57.5 Å². The highest BCUT2D eigenvalue weighted by Crippen LogP contribution is 2.36. The van der Waals surface area contributed by atoms with Crippen molar-refractivity contribution in [2.24, 2.45) is 0 Å². The Bertz CT molecular complexity index is 1460. The third-order valence-electron chi connectivity index (χ3n) is 6.20. The minimum Gasteiger partial charge on any atom is -0.475 e. The van der Waals surface area contributed by atoms with Crippen LogP contribution in [0.15, 0.2) is 65.6 Å². The average molecular weight is 535 g/mol. The van der Waals surface area contributed by atoms with Crippen LogP contribution in [0.4, 0.5) is 0 Å². The van der Waals surface area contributed by atoms with Crippen LogP contribution in [-0.2, 0) is 27.7 Å². The zero-order chi connectivity index (χ0) is 27.3. The molecule has 0 saturated carbocycles. The number of nitrogens with zero attached hydrogens (tertiary/aromatic N) is 1. The van der Waals surface area contributed by atoms with Crippen molar-refractivity contribution in [2.75, 3.05) is 6.79 Å². The topological polar surface area (TPSA) is 115 Å². The summed E-state index contributed by atoms with van der Waals surface area (Å²) in [4.78, 5) is 13.5. The number of hydrogen-bond donors (Lipinski definition) is 1. The minimum absolute atomic E-state index is 0.0211. The molecule has 1 atom stereocenters. The van der Waals surface area contributed by atoms with Crippen molar-refractivity contribution in [1.82, 2.24) is 4.72 Å². The van der Waals surface area contributed by atoms with Gasteiger partial charge in [-0.05, 0) is 59.4 Å². The van der Waals surface area contributed by atoms with Gasteiger partial charge in [0.25, 0.3) is 15.9 Å². The van der Waals surface area contributed by atoms with Crippen LogP contribution in [-0.4, -0.2) is 21.1 Å². The molecule has 0 spiro atoms. The lowest BCUT2D eigenvalue weighted by Crippen LogP contribution is -2.37. The Morgan fingerprint density at radius 1 is 1.03 bits per heavy atom. The number of ether oxygens (including phenoxy) is 3. The lowest BCUT2D eigenvalue weighted by molar-refractivity contribution is -0.126. The molecule has 3 aromatic rings. The molecule has 1 N–H and O–H groups in total.